The van der Waals surface area contributed by atoms with Gasteiger partial charge in [-0.05, 0) is 25.0 Å². The third-order valence-electron chi connectivity index (χ3n) is 2.06. The molecule has 0 aliphatic heterocycles. The standard InChI is InChI=1S/C9H18O2S2/c1-7(9(10)11)3-2-4-8(13)5-6-12/h7-8,12-13H,2-6H2,1H3,(H,10,11). The number of hydrogen-bond acceptors (Lipinski definition) is 3. The predicted molar refractivity (Wildman–Crippen MR) is 61.9 cm³/mol. The van der Waals surface area contributed by atoms with E-state index in [2.05, 4.69) is 25.3 Å². The van der Waals surface area contributed by atoms with Gasteiger partial charge in [-0.1, -0.05) is 13.3 Å². The smallest absolute Gasteiger partial charge is 0.306 e. The van der Waals surface area contributed by atoms with E-state index in [1.807, 2.05) is 0 Å². The van der Waals surface area contributed by atoms with E-state index in [9.17, 15) is 4.79 Å². The lowest BCUT2D eigenvalue weighted by Gasteiger charge is -2.09. The molecule has 0 radical (unpaired) electrons. The van der Waals surface area contributed by atoms with E-state index >= 15 is 0 Å². The largest absolute Gasteiger partial charge is 0.481 e. The second-order valence-electron chi connectivity index (χ2n) is 3.34. The summed E-state index contributed by atoms with van der Waals surface area (Å²) >= 11 is 8.48. The predicted octanol–water partition coefficient (Wildman–Crippen LogP) is 2.50. The van der Waals surface area contributed by atoms with Crippen LogP contribution in [0.5, 0.6) is 0 Å². The average Bonchev–Trinajstić information content (AvgIpc) is 2.04. The summed E-state index contributed by atoms with van der Waals surface area (Å²) in [7, 11) is 0. The van der Waals surface area contributed by atoms with Gasteiger partial charge in [0.1, 0.15) is 0 Å². The first kappa shape index (κ1) is 13.2. The number of thiol groups is 2. The molecule has 0 saturated heterocycles. The van der Waals surface area contributed by atoms with Crippen molar-refractivity contribution in [2.24, 2.45) is 5.92 Å². The number of carboxylic acids is 1. The SMILES string of the molecule is CC(CCCC(S)CCS)C(=O)O. The molecule has 0 rings (SSSR count). The molecule has 2 atom stereocenters. The Morgan fingerprint density at radius 2 is 2.00 bits per heavy atom. The molecule has 0 heterocycles. The van der Waals surface area contributed by atoms with Gasteiger partial charge in [-0.25, -0.2) is 0 Å². The zero-order valence-electron chi connectivity index (χ0n) is 7.94. The van der Waals surface area contributed by atoms with Gasteiger partial charge in [0.25, 0.3) is 0 Å². The van der Waals surface area contributed by atoms with Gasteiger partial charge < -0.3 is 5.11 Å². The van der Waals surface area contributed by atoms with Crippen molar-refractivity contribution in [1.82, 2.24) is 0 Å². The van der Waals surface area contributed by atoms with Gasteiger partial charge in [0, 0.05) is 5.25 Å². The van der Waals surface area contributed by atoms with Crippen LogP contribution in [0.15, 0.2) is 0 Å². The molecule has 0 bridgehead atoms. The zero-order chi connectivity index (χ0) is 10.3. The monoisotopic (exact) mass is 222 g/mol. The van der Waals surface area contributed by atoms with Crippen molar-refractivity contribution in [2.45, 2.75) is 37.9 Å². The number of rotatable bonds is 7. The highest BCUT2D eigenvalue weighted by atomic mass is 32.1. The normalized spacial score (nSPS) is 15.3. The fraction of sp³-hybridized carbons (Fsp3) is 0.889. The van der Waals surface area contributed by atoms with Crippen LogP contribution in [0.1, 0.15) is 32.6 Å². The van der Waals surface area contributed by atoms with E-state index in [1.54, 1.807) is 6.92 Å². The average molecular weight is 222 g/mol. The Morgan fingerprint density at radius 3 is 2.46 bits per heavy atom. The maximum Gasteiger partial charge on any atom is 0.306 e. The molecule has 0 aromatic carbocycles. The molecule has 78 valence electrons. The highest BCUT2D eigenvalue weighted by molar-refractivity contribution is 7.81. The second kappa shape index (κ2) is 7.56. The zero-order valence-corrected chi connectivity index (χ0v) is 9.73. The topological polar surface area (TPSA) is 37.3 Å². The van der Waals surface area contributed by atoms with Crippen molar-refractivity contribution in [1.29, 1.82) is 0 Å². The highest BCUT2D eigenvalue weighted by Gasteiger charge is 2.10. The van der Waals surface area contributed by atoms with E-state index in [-0.39, 0.29) is 5.92 Å². The molecule has 0 aromatic heterocycles. The van der Waals surface area contributed by atoms with Gasteiger partial charge in [-0.15, -0.1) is 0 Å². The fourth-order valence-corrected chi connectivity index (χ4v) is 1.90. The van der Waals surface area contributed by atoms with Gasteiger partial charge in [0.2, 0.25) is 0 Å². The molecule has 0 spiro atoms. The summed E-state index contributed by atoms with van der Waals surface area (Å²) in [5.41, 5.74) is 0. The molecule has 2 nitrogen and oxygen atoms in total. The maximum atomic E-state index is 10.5. The summed E-state index contributed by atoms with van der Waals surface area (Å²) in [6, 6.07) is 0. The fourth-order valence-electron chi connectivity index (χ4n) is 1.08. The summed E-state index contributed by atoms with van der Waals surface area (Å²) in [5, 5.41) is 8.99. The number of aliphatic carboxylic acids is 1. The van der Waals surface area contributed by atoms with Gasteiger partial charge >= 0.3 is 5.97 Å². The molecule has 2 unspecified atom stereocenters. The quantitative estimate of drug-likeness (QED) is 0.579. The van der Waals surface area contributed by atoms with E-state index in [0.29, 0.717) is 5.25 Å². The summed E-state index contributed by atoms with van der Waals surface area (Å²) in [4.78, 5) is 10.5. The molecule has 0 aliphatic rings. The molecular formula is C9H18O2S2. The third kappa shape index (κ3) is 7.26. The molecule has 4 heteroatoms. The van der Waals surface area contributed by atoms with Crippen molar-refractivity contribution >= 4 is 31.2 Å². The molecule has 0 aromatic rings. The van der Waals surface area contributed by atoms with Crippen LogP contribution < -0.4 is 0 Å². The van der Waals surface area contributed by atoms with Crippen molar-refractivity contribution in [3.05, 3.63) is 0 Å². The first-order valence-corrected chi connectivity index (χ1v) is 5.74. The first-order chi connectivity index (χ1) is 6.07. The Kier molecular flexibility index (Phi) is 7.66. The number of carbonyl (C=O) groups is 1. The van der Waals surface area contributed by atoms with Crippen LogP contribution in [-0.2, 0) is 4.79 Å². The number of hydrogen-bond donors (Lipinski definition) is 3. The molecule has 0 aliphatic carbocycles. The second-order valence-corrected chi connectivity index (χ2v) is 4.51. The van der Waals surface area contributed by atoms with Gasteiger partial charge in [-0.2, -0.15) is 25.3 Å². The van der Waals surface area contributed by atoms with Crippen LogP contribution in [0.4, 0.5) is 0 Å². The molecule has 0 saturated carbocycles. The summed E-state index contributed by atoms with van der Waals surface area (Å²) in [6.45, 7) is 1.74. The van der Waals surface area contributed by atoms with E-state index in [4.69, 9.17) is 5.11 Å². The van der Waals surface area contributed by atoms with E-state index in [0.717, 1.165) is 31.4 Å². The Labute approximate surface area is 90.9 Å². The van der Waals surface area contributed by atoms with Gasteiger partial charge in [-0.3, -0.25) is 4.79 Å². The summed E-state index contributed by atoms with van der Waals surface area (Å²) in [5.74, 6) is -0.0794. The van der Waals surface area contributed by atoms with Crippen LogP contribution in [-0.4, -0.2) is 22.1 Å². The Morgan fingerprint density at radius 1 is 1.38 bits per heavy atom. The Balaban J connectivity index is 3.39. The minimum atomic E-state index is -0.704. The van der Waals surface area contributed by atoms with Gasteiger partial charge in [0.05, 0.1) is 5.92 Å². The highest BCUT2D eigenvalue weighted by Crippen LogP contribution is 2.15. The molecule has 0 fully saturated rings. The van der Waals surface area contributed by atoms with Crippen LogP contribution in [0.25, 0.3) is 0 Å². The van der Waals surface area contributed by atoms with Crippen molar-refractivity contribution in [2.75, 3.05) is 5.75 Å². The lowest BCUT2D eigenvalue weighted by Crippen LogP contribution is -2.10. The van der Waals surface area contributed by atoms with Crippen molar-refractivity contribution in [3.8, 4) is 0 Å². The Bertz CT molecular complexity index is 151. The summed E-state index contributed by atoms with van der Waals surface area (Å²) in [6.07, 6.45) is 3.67. The minimum Gasteiger partial charge on any atom is -0.481 e. The van der Waals surface area contributed by atoms with E-state index in [1.165, 1.54) is 0 Å². The maximum absolute atomic E-state index is 10.5. The Hall–Kier alpha value is 0.170. The molecule has 13 heavy (non-hydrogen) atoms. The molecule has 1 N–H and O–H groups in total. The molecule has 0 amide bonds. The van der Waals surface area contributed by atoms with Crippen LogP contribution in [0, 0.1) is 5.92 Å². The van der Waals surface area contributed by atoms with Crippen molar-refractivity contribution < 1.29 is 9.90 Å². The minimum absolute atomic E-state index is 0.225. The van der Waals surface area contributed by atoms with E-state index < -0.39 is 5.97 Å². The summed E-state index contributed by atoms with van der Waals surface area (Å²) < 4.78 is 0. The lowest BCUT2D eigenvalue weighted by molar-refractivity contribution is -0.141. The molecular weight excluding hydrogens is 204 g/mol. The van der Waals surface area contributed by atoms with Gasteiger partial charge in [0.15, 0.2) is 0 Å². The van der Waals surface area contributed by atoms with Crippen molar-refractivity contribution in [3.63, 3.8) is 0 Å². The third-order valence-corrected chi connectivity index (χ3v) is 2.83. The van der Waals surface area contributed by atoms with Crippen LogP contribution in [0.3, 0.4) is 0 Å². The number of carboxylic acid groups (broad SMARTS) is 1. The van der Waals surface area contributed by atoms with Crippen LogP contribution in [0.2, 0.25) is 0 Å². The van der Waals surface area contributed by atoms with Crippen LogP contribution >= 0.6 is 25.3 Å². The first-order valence-electron chi connectivity index (χ1n) is 4.59. The lowest BCUT2D eigenvalue weighted by atomic mass is 10.0.